The fourth-order valence-corrected chi connectivity index (χ4v) is 2.68. The minimum Gasteiger partial charge on any atom is -0.486 e. The second-order valence-corrected chi connectivity index (χ2v) is 6.88. The van der Waals surface area contributed by atoms with Gasteiger partial charge in [-0.15, -0.1) is 0 Å². The Labute approximate surface area is 139 Å². The van der Waals surface area contributed by atoms with Crippen LogP contribution >= 0.6 is 0 Å². The fraction of sp³-hybridized carbons (Fsp3) is 0.333. The van der Waals surface area contributed by atoms with Gasteiger partial charge in [-0.3, -0.25) is 9.79 Å². The van der Waals surface area contributed by atoms with Crippen LogP contribution in [-0.4, -0.2) is 15.9 Å². The maximum Gasteiger partial charge on any atom is 0.274 e. The topological polar surface area (TPSA) is 69.6 Å². The molecular weight excluding hydrogens is 309 g/mol. The highest BCUT2D eigenvalue weighted by molar-refractivity contribution is 5.95. The van der Waals surface area contributed by atoms with Crippen molar-refractivity contribution in [2.24, 2.45) is 4.99 Å². The minimum absolute atomic E-state index is 0.191. The standard InChI is InChI=1S/C18H20FN3O2/c1-18(2,3)24-15-9-12(19)7-11-8-13(21-16(11)15)10-22-6-4-5-14(20)17(22)23/h4-7,9H,8,10,20H2,1-3H3. The van der Waals surface area contributed by atoms with Crippen LogP contribution in [0.3, 0.4) is 0 Å². The van der Waals surface area contributed by atoms with Gasteiger partial charge in [-0.1, -0.05) is 0 Å². The Morgan fingerprint density at radius 2 is 2.12 bits per heavy atom. The van der Waals surface area contributed by atoms with Crippen molar-refractivity contribution in [2.45, 2.75) is 39.3 Å². The maximum atomic E-state index is 13.9. The highest BCUT2D eigenvalue weighted by atomic mass is 19.1. The predicted octanol–water partition coefficient (Wildman–Crippen LogP) is 3.08. The second kappa shape index (κ2) is 5.78. The van der Waals surface area contributed by atoms with Gasteiger partial charge in [-0.25, -0.2) is 4.39 Å². The summed E-state index contributed by atoms with van der Waals surface area (Å²) in [6.45, 7) is 6.01. The van der Waals surface area contributed by atoms with Crippen LogP contribution in [0, 0.1) is 5.82 Å². The van der Waals surface area contributed by atoms with Gasteiger partial charge in [0.25, 0.3) is 5.56 Å². The zero-order valence-corrected chi connectivity index (χ0v) is 14.0. The number of benzene rings is 1. The van der Waals surface area contributed by atoms with Crippen LogP contribution < -0.4 is 16.0 Å². The molecule has 5 nitrogen and oxygen atoms in total. The molecule has 1 aliphatic rings. The number of hydrogen-bond donors (Lipinski definition) is 1. The molecule has 24 heavy (non-hydrogen) atoms. The molecule has 0 saturated heterocycles. The molecule has 3 rings (SSSR count). The molecule has 1 aliphatic heterocycles. The quantitative estimate of drug-likeness (QED) is 0.941. The van der Waals surface area contributed by atoms with E-state index in [2.05, 4.69) is 4.99 Å². The van der Waals surface area contributed by atoms with Crippen LogP contribution in [0.15, 0.2) is 40.2 Å². The van der Waals surface area contributed by atoms with E-state index >= 15 is 0 Å². The van der Waals surface area contributed by atoms with Crippen LogP contribution in [0.1, 0.15) is 26.3 Å². The number of pyridine rings is 1. The van der Waals surface area contributed by atoms with Crippen LogP contribution in [0.5, 0.6) is 5.75 Å². The first-order valence-corrected chi connectivity index (χ1v) is 7.76. The van der Waals surface area contributed by atoms with E-state index in [9.17, 15) is 9.18 Å². The number of anilines is 1. The van der Waals surface area contributed by atoms with E-state index in [0.29, 0.717) is 24.4 Å². The van der Waals surface area contributed by atoms with Gasteiger partial charge in [0.05, 0.1) is 12.2 Å². The summed E-state index contributed by atoms with van der Waals surface area (Å²) in [5.74, 6) is 0.0676. The predicted molar refractivity (Wildman–Crippen MR) is 92.7 cm³/mol. The molecule has 1 aromatic heterocycles. The first kappa shape index (κ1) is 16.2. The number of nitrogen functional groups attached to an aromatic ring is 1. The molecule has 0 unspecified atom stereocenters. The van der Waals surface area contributed by atoms with E-state index < -0.39 is 5.60 Å². The Kier molecular flexibility index (Phi) is 3.91. The lowest BCUT2D eigenvalue weighted by Gasteiger charge is -2.22. The maximum absolute atomic E-state index is 13.9. The molecule has 126 valence electrons. The molecule has 6 heteroatoms. The Morgan fingerprint density at radius 1 is 1.38 bits per heavy atom. The average molecular weight is 329 g/mol. The highest BCUT2D eigenvalue weighted by Crippen LogP contribution is 2.39. The van der Waals surface area contributed by atoms with Crippen molar-refractivity contribution in [2.75, 3.05) is 5.73 Å². The van der Waals surface area contributed by atoms with Crippen molar-refractivity contribution < 1.29 is 9.13 Å². The second-order valence-electron chi connectivity index (χ2n) is 6.88. The van der Waals surface area contributed by atoms with Gasteiger partial charge in [0, 0.05) is 24.4 Å². The molecule has 0 amide bonds. The van der Waals surface area contributed by atoms with E-state index in [1.54, 1.807) is 18.3 Å². The van der Waals surface area contributed by atoms with Crippen molar-refractivity contribution >= 4 is 17.1 Å². The number of rotatable bonds is 3. The number of aliphatic imine (C=N–C) groups is 1. The van der Waals surface area contributed by atoms with Crippen LogP contribution in [0.4, 0.5) is 15.8 Å². The normalized spacial score (nSPS) is 13.6. The fourth-order valence-electron chi connectivity index (χ4n) is 2.68. The van der Waals surface area contributed by atoms with Crippen LogP contribution in [-0.2, 0) is 13.0 Å². The lowest BCUT2D eigenvalue weighted by molar-refractivity contribution is 0.131. The Balaban J connectivity index is 1.93. The number of nitrogens with two attached hydrogens (primary N) is 1. The van der Waals surface area contributed by atoms with Gasteiger partial charge < -0.3 is 15.0 Å². The van der Waals surface area contributed by atoms with Gasteiger partial charge in [-0.2, -0.15) is 0 Å². The molecule has 1 aromatic carbocycles. The summed E-state index contributed by atoms with van der Waals surface area (Å²) in [7, 11) is 0. The number of aromatic nitrogens is 1. The summed E-state index contributed by atoms with van der Waals surface area (Å²) in [5.41, 5.74) is 7.30. The molecule has 0 fully saturated rings. The Hall–Kier alpha value is -2.63. The average Bonchev–Trinajstić information content (AvgIpc) is 2.85. The summed E-state index contributed by atoms with van der Waals surface area (Å²) >= 11 is 0. The van der Waals surface area contributed by atoms with Crippen molar-refractivity contribution in [1.82, 2.24) is 4.57 Å². The third-order valence-corrected chi connectivity index (χ3v) is 3.60. The van der Waals surface area contributed by atoms with Crippen LogP contribution in [0.25, 0.3) is 0 Å². The summed E-state index contributed by atoms with van der Waals surface area (Å²) < 4.78 is 21.2. The van der Waals surface area contributed by atoms with E-state index in [-0.39, 0.29) is 17.1 Å². The molecule has 2 heterocycles. The molecule has 2 aromatic rings. The number of hydrogen-bond acceptors (Lipinski definition) is 4. The number of ether oxygens (including phenoxy) is 1. The van der Waals surface area contributed by atoms with E-state index in [4.69, 9.17) is 10.5 Å². The van der Waals surface area contributed by atoms with Crippen molar-refractivity contribution in [1.29, 1.82) is 0 Å². The van der Waals surface area contributed by atoms with E-state index in [1.807, 2.05) is 20.8 Å². The molecule has 0 bridgehead atoms. The first-order valence-electron chi connectivity index (χ1n) is 7.76. The Bertz CT molecular complexity index is 879. The largest absolute Gasteiger partial charge is 0.486 e. The molecular formula is C18H20FN3O2. The molecule has 0 radical (unpaired) electrons. The van der Waals surface area contributed by atoms with E-state index in [1.165, 1.54) is 16.7 Å². The molecule has 2 N–H and O–H groups in total. The highest BCUT2D eigenvalue weighted by Gasteiger charge is 2.23. The Morgan fingerprint density at radius 3 is 2.83 bits per heavy atom. The van der Waals surface area contributed by atoms with Crippen molar-refractivity contribution in [3.63, 3.8) is 0 Å². The number of halogens is 1. The number of nitrogens with zero attached hydrogens (tertiary/aromatic N) is 2. The monoisotopic (exact) mass is 329 g/mol. The number of fused-ring (bicyclic) bond motifs is 1. The summed E-state index contributed by atoms with van der Waals surface area (Å²) in [6.07, 6.45) is 2.15. The van der Waals surface area contributed by atoms with Gasteiger partial charge in [0.2, 0.25) is 0 Å². The lowest BCUT2D eigenvalue weighted by atomic mass is 10.1. The zero-order chi connectivity index (χ0) is 17.5. The zero-order valence-electron chi connectivity index (χ0n) is 14.0. The summed E-state index contributed by atoms with van der Waals surface area (Å²) in [5, 5.41) is 0. The minimum atomic E-state index is -0.454. The lowest BCUT2D eigenvalue weighted by Crippen LogP contribution is -2.25. The smallest absolute Gasteiger partial charge is 0.274 e. The third-order valence-electron chi connectivity index (χ3n) is 3.60. The van der Waals surface area contributed by atoms with Crippen molar-refractivity contribution in [3.8, 4) is 5.75 Å². The molecule has 0 aliphatic carbocycles. The van der Waals surface area contributed by atoms with Gasteiger partial charge in [0.1, 0.15) is 22.9 Å². The van der Waals surface area contributed by atoms with Crippen molar-refractivity contribution in [3.05, 3.63) is 52.2 Å². The first-order chi connectivity index (χ1) is 11.2. The van der Waals surface area contributed by atoms with Gasteiger partial charge >= 0.3 is 0 Å². The SMILES string of the molecule is CC(C)(C)Oc1cc(F)cc2c1N=C(Cn1cccc(N)c1=O)C2. The summed E-state index contributed by atoms with van der Waals surface area (Å²) in [4.78, 5) is 16.6. The molecule has 0 saturated carbocycles. The summed E-state index contributed by atoms with van der Waals surface area (Å²) in [6, 6.07) is 6.09. The van der Waals surface area contributed by atoms with E-state index in [0.717, 1.165) is 11.3 Å². The van der Waals surface area contributed by atoms with Gasteiger partial charge in [-0.05, 0) is 44.5 Å². The van der Waals surface area contributed by atoms with Gasteiger partial charge in [0.15, 0.2) is 0 Å². The van der Waals surface area contributed by atoms with Crippen LogP contribution in [0.2, 0.25) is 0 Å². The molecule has 0 spiro atoms. The molecule has 0 atom stereocenters. The third kappa shape index (κ3) is 3.32.